The molecule has 1 aliphatic rings. The van der Waals surface area contributed by atoms with Gasteiger partial charge in [0.05, 0.1) is 5.52 Å². The molecule has 0 unspecified atom stereocenters. The van der Waals surface area contributed by atoms with E-state index in [1.54, 1.807) is 0 Å². The van der Waals surface area contributed by atoms with E-state index in [0.717, 1.165) is 30.3 Å². The first-order valence-electron chi connectivity index (χ1n) is 13.2. The van der Waals surface area contributed by atoms with Crippen molar-refractivity contribution in [3.8, 4) is 0 Å². The van der Waals surface area contributed by atoms with Crippen LogP contribution in [0.25, 0.3) is 21.7 Å². The molecule has 36 heavy (non-hydrogen) atoms. The maximum atomic E-state index is 4.90. The Morgan fingerprint density at radius 3 is 2.14 bits per heavy atom. The summed E-state index contributed by atoms with van der Waals surface area (Å²) in [5.74, 6) is 1.73. The predicted molar refractivity (Wildman–Crippen MR) is 155 cm³/mol. The van der Waals surface area contributed by atoms with E-state index in [1.807, 2.05) is 0 Å². The Balaban J connectivity index is 1.16. The number of benzene rings is 3. The predicted octanol–water partition coefficient (Wildman–Crippen LogP) is 6.28. The monoisotopic (exact) mass is 481 g/mol. The number of rotatable bonds is 8. The van der Waals surface area contributed by atoms with E-state index in [0.29, 0.717) is 6.04 Å². The molecule has 0 saturated heterocycles. The summed E-state index contributed by atoms with van der Waals surface area (Å²) >= 11 is 0. The van der Waals surface area contributed by atoms with Gasteiger partial charge in [0.15, 0.2) is 0 Å². The highest BCUT2D eigenvalue weighted by Gasteiger charge is 2.22. The number of nitrogens with zero attached hydrogens (tertiary/aromatic N) is 3. The highest BCUT2D eigenvalue weighted by Crippen LogP contribution is 2.31. The third kappa shape index (κ3) is 5.26. The molecule has 0 bridgehead atoms. The Hall–Kier alpha value is -3.31. The Bertz CT molecular complexity index is 1320. The number of hydrogen-bond donors (Lipinski definition) is 2. The summed E-state index contributed by atoms with van der Waals surface area (Å²) in [7, 11) is 8.43. The van der Waals surface area contributed by atoms with Crippen LogP contribution in [0.3, 0.4) is 0 Å². The smallest absolute Gasteiger partial charge is 0.128 e. The van der Waals surface area contributed by atoms with Crippen molar-refractivity contribution < 1.29 is 0 Å². The minimum absolute atomic E-state index is 0.493. The van der Waals surface area contributed by atoms with E-state index in [4.69, 9.17) is 4.98 Å². The molecule has 0 aliphatic heterocycles. The molecule has 0 amide bonds. The third-order valence-corrected chi connectivity index (χ3v) is 7.60. The summed E-state index contributed by atoms with van der Waals surface area (Å²) in [6, 6.07) is 24.4. The Kier molecular flexibility index (Phi) is 7.28. The second-order valence-corrected chi connectivity index (χ2v) is 10.6. The largest absolute Gasteiger partial charge is 0.377 e. The second kappa shape index (κ2) is 10.8. The zero-order valence-electron chi connectivity index (χ0n) is 22.1. The van der Waals surface area contributed by atoms with E-state index in [-0.39, 0.29) is 0 Å². The van der Waals surface area contributed by atoms with Crippen molar-refractivity contribution in [3.05, 3.63) is 72.3 Å². The minimum Gasteiger partial charge on any atom is -0.377 e. The van der Waals surface area contributed by atoms with Crippen LogP contribution >= 0.6 is 0 Å². The highest BCUT2D eigenvalue weighted by molar-refractivity contribution is 5.96. The fraction of sp³-hybridized carbons (Fsp3) is 0.387. The Labute approximate surface area is 215 Å². The molecule has 1 aliphatic carbocycles. The molecule has 1 aromatic heterocycles. The SMILES string of the molecule is CN(C)c1cc(NC2CCC(CNCc3ccc(N(C)C)c4ccccc34)CC2)nc2ccccc12. The van der Waals surface area contributed by atoms with Gasteiger partial charge in [-0.2, -0.15) is 0 Å². The maximum Gasteiger partial charge on any atom is 0.128 e. The van der Waals surface area contributed by atoms with Gasteiger partial charge in [-0.1, -0.05) is 48.5 Å². The van der Waals surface area contributed by atoms with Crippen LogP contribution in [-0.4, -0.2) is 45.8 Å². The molecule has 5 nitrogen and oxygen atoms in total. The fourth-order valence-corrected chi connectivity index (χ4v) is 5.62. The summed E-state index contributed by atoms with van der Waals surface area (Å²) in [6.07, 6.45) is 4.88. The molecular formula is C31H39N5. The van der Waals surface area contributed by atoms with Crippen LogP contribution in [-0.2, 0) is 6.54 Å². The van der Waals surface area contributed by atoms with Gasteiger partial charge >= 0.3 is 0 Å². The quantitative estimate of drug-likeness (QED) is 0.310. The fourth-order valence-electron chi connectivity index (χ4n) is 5.62. The van der Waals surface area contributed by atoms with Gasteiger partial charge in [0.25, 0.3) is 0 Å². The zero-order valence-corrected chi connectivity index (χ0v) is 22.1. The van der Waals surface area contributed by atoms with Gasteiger partial charge in [0, 0.05) is 69.0 Å². The van der Waals surface area contributed by atoms with Crippen LogP contribution < -0.4 is 20.4 Å². The number of para-hydroxylation sites is 1. The molecule has 5 rings (SSSR count). The van der Waals surface area contributed by atoms with E-state index in [9.17, 15) is 0 Å². The number of hydrogen-bond acceptors (Lipinski definition) is 5. The molecule has 3 aromatic carbocycles. The lowest BCUT2D eigenvalue weighted by Crippen LogP contribution is -2.31. The van der Waals surface area contributed by atoms with Crippen LogP contribution in [0.5, 0.6) is 0 Å². The first-order chi connectivity index (χ1) is 17.5. The Morgan fingerprint density at radius 2 is 1.42 bits per heavy atom. The highest BCUT2D eigenvalue weighted by atomic mass is 15.1. The Morgan fingerprint density at radius 1 is 0.750 bits per heavy atom. The van der Waals surface area contributed by atoms with E-state index in [2.05, 4.69) is 115 Å². The van der Waals surface area contributed by atoms with Gasteiger partial charge in [-0.25, -0.2) is 4.98 Å². The minimum atomic E-state index is 0.493. The first-order valence-corrected chi connectivity index (χ1v) is 13.2. The number of nitrogens with one attached hydrogen (secondary N) is 2. The topological polar surface area (TPSA) is 43.4 Å². The number of fused-ring (bicyclic) bond motifs is 2. The van der Waals surface area contributed by atoms with Gasteiger partial charge < -0.3 is 20.4 Å². The van der Waals surface area contributed by atoms with Crippen LogP contribution in [0.2, 0.25) is 0 Å². The molecule has 1 fully saturated rings. The molecule has 188 valence electrons. The molecular weight excluding hydrogens is 442 g/mol. The third-order valence-electron chi connectivity index (χ3n) is 7.60. The maximum absolute atomic E-state index is 4.90. The molecule has 5 heteroatoms. The van der Waals surface area contributed by atoms with Crippen molar-refractivity contribution in [2.24, 2.45) is 5.92 Å². The van der Waals surface area contributed by atoms with Gasteiger partial charge in [-0.15, -0.1) is 0 Å². The lowest BCUT2D eigenvalue weighted by molar-refractivity contribution is 0.324. The van der Waals surface area contributed by atoms with Crippen molar-refractivity contribution in [3.63, 3.8) is 0 Å². The van der Waals surface area contributed by atoms with Crippen LogP contribution in [0.1, 0.15) is 31.2 Å². The lowest BCUT2D eigenvalue weighted by atomic mass is 9.86. The summed E-state index contributed by atoms with van der Waals surface area (Å²) < 4.78 is 0. The first kappa shape index (κ1) is 24.4. The summed E-state index contributed by atoms with van der Waals surface area (Å²) in [4.78, 5) is 9.27. The normalized spacial score (nSPS) is 17.9. The van der Waals surface area contributed by atoms with Crippen LogP contribution in [0, 0.1) is 5.92 Å². The van der Waals surface area contributed by atoms with E-state index in [1.165, 1.54) is 58.8 Å². The number of anilines is 3. The summed E-state index contributed by atoms with van der Waals surface area (Å²) in [5.41, 5.74) is 4.92. The number of pyridine rings is 1. The molecule has 1 saturated carbocycles. The summed E-state index contributed by atoms with van der Waals surface area (Å²) in [5, 5.41) is 11.4. The lowest BCUT2D eigenvalue weighted by Gasteiger charge is -2.30. The van der Waals surface area contributed by atoms with Gasteiger partial charge in [-0.3, -0.25) is 0 Å². The van der Waals surface area contributed by atoms with Gasteiger partial charge in [0.2, 0.25) is 0 Å². The van der Waals surface area contributed by atoms with Crippen molar-refractivity contribution in [1.82, 2.24) is 10.3 Å². The van der Waals surface area contributed by atoms with Crippen molar-refractivity contribution in [2.75, 3.05) is 49.9 Å². The molecule has 0 radical (unpaired) electrons. The van der Waals surface area contributed by atoms with Gasteiger partial charge in [-0.05, 0) is 61.2 Å². The molecule has 2 N–H and O–H groups in total. The molecule has 0 atom stereocenters. The molecule has 1 heterocycles. The standard InChI is InChI=1S/C31H39N5/c1-35(2)29-18-15-23(25-9-5-6-10-26(25)29)21-32-20-22-13-16-24(17-14-22)33-31-19-30(36(3)4)27-11-7-8-12-28(27)34-31/h5-12,15,18-19,22,24,32H,13-14,16-17,20-21H2,1-4H3,(H,33,34). The zero-order chi connectivity index (χ0) is 25.1. The van der Waals surface area contributed by atoms with E-state index >= 15 is 0 Å². The molecule has 4 aromatic rings. The average molecular weight is 482 g/mol. The van der Waals surface area contributed by atoms with E-state index < -0.39 is 0 Å². The van der Waals surface area contributed by atoms with Crippen molar-refractivity contribution >= 4 is 38.9 Å². The second-order valence-electron chi connectivity index (χ2n) is 10.6. The average Bonchev–Trinajstić information content (AvgIpc) is 2.89. The molecule has 0 spiro atoms. The van der Waals surface area contributed by atoms with Gasteiger partial charge in [0.1, 0.15) is 5.82 Å². The number of aromatic nitrogens is 1. The van der Waals surface area contributed by atoms with Crippen molar-refractivity contribution in [2.45, 2.75) is 38.3 Å². The summed E-state index contributed by atoms with van der Waals surface area (Å²) in [6.45, 7) is 2.00. The van der Waals surface area contributed by atoms with Crippen LogP contribution in [0.4, 0.5) is 17.2 Å². The van der Waals surface area contributed by atoms with Crippen molar-refractivity contribution in [1.29, 1.82) is 0 Å². The van der Waals surface area contributed by atoms with Crippen LogP contribution in [0.15, 0.2) is 66.7 Å².